The Morgan fingerprint density at radius 3 is 2.41 bits per heavy atom. The van der Waals surface area contributed by atoms with Crippen molar-refractivity contribution < 1.29 is 0 Å². The van der Waals surface area contributed by atoms with E-state index in [1.807, 2.05) is 30.6 Å². The third kappa shape index (κ3) is 4.10. The third-order valence-corrected chi connectivity index (χ3v) is 6.88. The van der Waals surface area contributed by atoms with Crippen molar-refractivity contribution in [3.05, 3.63) is 113 Å². The molecule has 1 aliphatic rings. The average molecular weight is 468 g/mol. The van der Waals surface area contributed by atoms with E-state index in [9.17, 15) is 0 Å². The number of thiocarbonyl (C=S) groups is 1. The summed E-state index contributed by atoms with van der Waals surface area (Å²) in [5, 5.41) is 4.30. The second-order valence-electron chi connectivity index (χ2n) is 9.12. The van der Waals surface area contributed by atoms with Gasteiger partial charge in [-0.25, -0.2) is 0 Å². The number of aryl methyl sites for hydroxylation is 3. The number of hydrogen-bond acceptors (Lipinski definition) is 3. The average Bonchev–Trinajstić information content (AvgIpc) is 3.29. The first kappa shape index (κ1) is 22.3. The first-order valence-corrected chi connectivity index (χ1v) is 12.0. The quantitative estimate of drug-likeness (QED) is 0.383. The molecule has 5 rings (SSSR count). The van der Waals surface area contributed by atoms with Crippen LogP contribution < -0.4 is 5.32 Å². The Hall–Kier alpha value is -3.51. The van der Waals surface area contributed by atoms with Crippen molar-refractivity contribution >= 4 is 17.3 Å². The molecule has 0 bridgehead atoms. The molecule has 1 aliphatic heterocycles. The number of hydrogen-bond donors (Lipinski definition) is 1. The number of rotatable bonds is 5. The molecule has 4 aromatic rings. The van der Waals surface area contributed by atoms with Gasteiger partial charge in [0.25, 0.3) is 0 Å². The van der Waals surface area contributed by atoms with Crippen LogP contribution in [0, 0.1) is 27.7 Å². The van der Waals surface area contributed by atoms with Gasteiger partial charge >= 0.3 is 0 Å². The minimum Gasteiger partial charge on any atom is -0.352 e. The second kappa shape index (κ2) is 9.03. The van der Waals surface area contributed by atoms with Crippen LogP contribution >= 0.6 is 12.2 Å². The van der Waals surface area contributed by atoms with E-state index in [0.29, 0.717) is 6.54 Å². The molecule has 1 aromatic carbocycles. The Morgan fingerprint density at radius 1 is 0.941 bits per heavy atom. The Bertz CT molecular complexity index is 1310. The second-order valence-corrected chi connectivity index (χ2v) is 9.51. The first-order valence-electron chi connectivity index (χ1n) is 11.6. The molecular weight excluding hydrogens is 438 g/mol. The van der Waals surface area contributed by atoms with Crippen LogP contribution in [-0.4, -0.2) is 24.5 Å². The molecule has 5 nitrogen and oxygen atoms in total. The lowest BCUT2D eigenvalue weighted by Crippen LogP contribution is -2.29. The number of benzene rings is 1. The van der Waals surface area contributed by atoms with Gasteiger partial charge in [-0.15, -0.1) is 0 Å². The Morgan fingerprint density at radius 2 is 1.74 bits per heavy atom. The molecule has 3 aromatic heterocycles. The molecular formula is C28H29N5S. The van der Waals surface area contributed by atoms with Gasteiger partial charge in [-0.05, 0) is 98.6 Å². The standard InChI is InChI=1S/C28H29N5S/c1-18-12-19(2)14-23(13-18)33-20(3)15-24(21(33)4)27-26(25-9-5-6-11-30-25)31-28(34)32(27)17-22-8-7-10-29-16-22/h5-16,26-27H,17H2,1-4H3,(H,31,34)/t26-,27-/m1/s1. The highest BCUT2D eigenvalue weighted by molar-refractivity contribution is 7.80. The van der Waals surface area contributed by atoms with E-state index in [4.69, 9.17) is 12.2 Å². The Balaban J connectivity index is 1.63. The van der Waals surface area contributed by atoms with Gasteiger partial charge in [-0.1, -0.05) is 18.2 Å². The lowest BCUT2D eigenvalue weighted by molar-refractivity contribution is 0.310. The fourth-order valence-corrected chi connectivity index (χ4v) is 5.47. The van der Waals surface area contributed by atoms with E-state index in [0.717, 1.165) is 16.4 Å². The van der Waals surface area contributed by atoms with E-state index >= 15 is 0 Å². The highest BCUT2D eigenvalue weighted by Crippen LogP contribution is 2.42. The lowest BCUT2D eigenvalue weighted by atomic mass is 9.96. The molecule has 0 amide bonds. The molecule has 6 heteroatoms. The summed E-state index contributed by atoms with van der Waals surface area (Å²) in [5.74, 6) is 0. The summed E-state index contributed by atoms with van der Waals surface area (Å²) in [5.41, 5.74) is 9.51. The van der Waals surface area contributed by atoms with Crippen molar-refractivity contribution in [2.75, 3.05) is 0 Å². The lowest BCUT2D eigenvalue weighted by Gasteiger charge is -2.28. The summed E-state index contributed by atoms with van der Waals surface area (Å²) in [6, 6.07) is 19.1. The van der Waals surface area contributed by atoms with Crippen LogP contribution in [0.4, 0.5) is 0 Å². The summed E-state index contributed by atoms with van der Waals surface area (Å²) in [4.78, 5) is 11.3. The molecule has 34 heavy (non-hydrogen) atoms. The SMILES string of the molecule is Cc1cc(C)cc(-n2c(C)cc([C@@H]3[C@@H](c4ccccn4)NC(=S)N3Cc3cccnc3)c2C)c1. The van der Waals surface area contributed by atoms with E-state index < -0.39 is 0 Å². The van der Waals surface area contributed by atoms with Crippen LogP contribution in [0.1, 0.15) is 51.4 Å². The van der Waals surface area contributed by atoms with Crippen molar-refractivity contribution in [1.29, 1.82) is 0 Å². The summed E-state index contributed by atoms with van der Waals surface area (Å²) in [6.45, 7) is 9.37. The molecule has 2 atom stereocenters. The van der Waals surface area contributed by atoms with E-state index in [2.05, 4.69) is 88.8 Å². The molecule has 0 saturated carbocycles. The zero-order chi connectivity index (χ0) is 23.8. The molecule has 0 unspecified atom stereocenters. The Kier molecular flexibility index (Phi) is 5.92. The third-order valence-electron chi connectivity index (χ3n) is 6.53. The van der Waals surface area contributed by atoms with Gasteiger partial charge in [-0.3, -0.25) is 9.97 Å². The summed E-state index contributed by atoms with van der Waals surface area (Å²) in [6.07, 6.45) is 5.56. The monoisotopic (exact) mass is 467 g/mol. The van der Waals surface area contributed by atoms with Gasteiger partial charge in [0.2, 0.25) is 0 Å². The van der Waals surface area contributed by atoms with Crippen molar-refractivity contribution in [2.45, 2.75) is 46.3 Å². The maximum absolute atomic E-state index is 5.86. The van der Waals surface area contributed by atoms with Crippen molar-refractivity contribution in [2.24, 2.45) is 0 Å². The highest BCUT2D eigenvalue weighted by Gasteiger charge is 2.41. The number of pyridine rings is 2. The van der Waals surface area contributed by atoms with Crippen LogP contribution in [0.5, 0.6) is 0 Å². The summed E-state index contributed by atoms with van der Waals surface area (Å²) < 4.78 is 2.36. The van der Waals surface area contributed by atoms with E-state index in [-0.39, 0.29) is 12.1 Å². The van der Waals surface area contributed by atoms with Gasteiger partial charge < -0.3 is 14.8 Å². The van der Waals surface area contributed by atoms with Crippen LogP contribution in [0.25, 0.3) is 5.69 Å². The smallest absolute Gasteiger partial charge is 0.170 e. The predicted molar refractivity (Wildman–Crippen MR) is 140 cm³/mol. The fourth-order valence-electron chi connectivity index (χ4n) is 5.17. The van der Waals surface area contributed by atoms with Crippen LogP contribution in [-0.2, 0) is 6.54 Å². The van der Waals surface area contributed by atoms with Crippen molar-refractivity contribution in [1.82, 2.24) is 24.8 Å². The normalized spacial score (nSPS) is 17.8. The van der Waals surface area contributed by atoms with Gasteiger partial charge in [-0.2, -0.15) is 0 Å². The number of nitrogens with zero attached hydrogens (tertiary/aromatic N) is 4. The molecule has 0 aliphatic carbocycles. The molecule has 0 spiro atoms. The number of nitrogens with one attached hydrogen (secondary N) is 1. The maximum Gasteiger partial charge on any atom is 0.170 e. The summed E-state index contributed by atoms with van der Waals surface area (Å²) in [7, 11) is 0. The largest absolute Gasteiger partial charge is 0.352 e. The molecule has 0 radical (unpaired) electrons. The minimum absolute atomic E-state index is 0.00784. The molecule has 1 N–H and O–H groups in total. The van der Waals surface area contributed by atoms with Gasteiger partial charge in [0.05, 0.1) is 17.8 Å². The molecule has 1 fully saturated rings. The zero-order valence-corrected chi connectivity index (χ0v) is 20.8. The van der Waals surface area contributed by atoms with Crippen LogP contribution in [0.2, 0.25) is 0 Å². The van der Waals surface area contributed by atoms with E-state index in [1.54, 1.807) is 6.20 Å². The topological polar surface area (TPSA) is 46.0 Å². The van der Waals surface area contributed by atoms with Crippen molar-refractivity contribution in [3.8, 4) is 5.69 Å². The van der Waals surface area contributed by atoms with Crippen LogP contribution in [0.3, 0.4) is 0 Å². The van der Waals surface area contributed by atoms with E-state index in [1.165, 1.54) is 33.8 Å². The first-order chi connectivity index (χ1) is 16.4. The predicted octanol–water partition coefficient (Wildman–Crippen LogP) is 5.67. The van der Waals surface area contributed by atoms with Gasteiger partial charge in [0.15, 0.2) is 5.11 Å². The Labute approximate surface area is 206 Å². The minimum atomic E-state index is -0.0430. The molecule has 4 heterocycles. The summed E-state index contributed by atoms with van der Waals surface area (Å²) >= 11 is 5.86. The van der Waals surface area contributed by atoms with Crippen LogP contribution in [0.15, 0.2) is 73.2 Å². The van der Waals surface area contributed by atoms with Crippen molar-refractivity contribution in [3.63, 3.8) is 0 Å². The van der Waals surface area contributed by atoms with Gasteiger partial charge in [0.1, 0.15) is 0 Å². The van der Waals surface area contributed by atoms with Gasteiger partial charge in [0, 0.05) is 42.2 Å². The molecule has 172 valence electrons. The maximum atomic E-state index is 5.86. The molecule has 1 saturated heterocycles. The number of aromatic nitrogens is 3. The fraction of sp³-hybridized carbons (Fsp3) is 0.250. The zero-order valence-electron chi connectivity index (χ0n) is 20.0. The highest BCUT2D eigenvalue weighted by atomic mass is 32.1.